The minimum absolute atomic E-state index is 0.998. The maximum Gasteiger partial charge on any atom is 0.116 e. The number of aromatic amines is 1. The van der Waals surface area contributed by atoms with E-state index in [0.717, 1.165) is 27.5 Å². The standard InChI is InChI=1S/C11H8N2.C8H6N2/c1-2-5-9-8(4-1)11-10(13-9)6-3-7-12-11;1-2-4-8-7(3-1)5-9-6-10-8/h1-7,13H;1-6H. The van der Waals surface area contributed by atoms with Gasteiger partial charge in [-0.15, -0.1) is 0 Å². The smallest absolute Gasteiger partial charge is 0.116 e. The summed E-state index contributed by atoms with van der Waals surface area (Å²) >= 11 is 0. The minimum atomic E-state index is 0.998. The number of fused-ring (bicyclic) bond motifs is 4. The van der Waals surface area contributed by atoms with Gasteiger partial charge in [0.2, 0.25) is 0 Å². The van der Waals surface area contributed by atoms with E-state index in [1.807, 2.05) is 60.9 Å². The first-order valence-corrected chi connectivity index (χ1v) is 7.38. The highest BCUT2D eigenvalue weighted by atomic mass is 14.8. The van der Waals surface area contributed by atoms with E-state index in [1.165, 1.54) is 5.39 Å². The van der Waals surface area contributed by atoms with Crippen molar-refractivity contribution in [3.05, 3.63) is 79.4 Å². The molecule has 0 spiro atoms. The lowest BCUT2D eigenvalue weighted by molar-refractivity contribution is 1.22. The van der Waals surface area contributed by atoms with Gasteiger partial charge in [0.1, 0.15) is 6.33 Å². The lowest BCUT2D eigenvalue weighted by Crippen LogP contribution is -1.77. The summed E-state index contributed by atoms with van der Waals surface area (Å²) in [4.78, 5) is 15.6. The monoisotopic (exact) mass is 298 g/mol. The van der Waals surface area contributed by atoms with E-state index in [0.29, 0.717) is 0 Å². The molecule has 2 aromatic carbocycles. The molecular formula is C19H14N4. The van der Waals surface area contributed by atoms with Crippen molar-refractivity contribution >= 4 is 32.8 Å². The molecule has 23 heavy (non-hydrogen) atoms. The van der Waals surface area contributed by atoms with Crippen molar-refractivity contribution < 1.29 is 0 Å². The number of hydrogen-bond donors (Lipinski definition) is 1. The van der Waals surface area contributed by atoms with Crippen molar-refractivity contribution in [3.8, 4) is 0 Å². The summed E-state index contributed by atoms with van der Waals surface area (Å²) < 4.78 is 0. The first-order chi connectivity index (χ1) is 11.4. The van der Waals surface area contributed by atoms with Gasteiger partial charge in [-0.25, -0.2) is 9.97 Å². The summed E-state index contributed by atoms with van der Waals surface area (Å²) in [5.41, 5.74) is 4.30. The third kappa shape index (κ3) is 2.62. The molecule has 3 heterocycles. The van der Waals surface area contributed by atoms with Crippen molar-refractivity contribution in [1.82, 2.24) is 19.9 Å². The Labute approximate surface area is 132 Å². The van der Waals surface area contributed by atoms with Crippen LogP contribution in [-0.4, -0.2) is 19.9 Å². The highest BCUT2D eigenvalue weighted by molar-refractivity contribution is 6.04. The van der Waals surface area contributed by atoms with Crippen LogP contribution in [0.5, 0.6) is 0 Å². The van der Waals surface area contributed by atoms with Gasteiger partial charge in [0.25, 0.3) is 0 Å². The van der Waals surface area contributed by atoms with Crippen LogP contribution in [0.4, 0.5) is 0 Å². The lowest BCUT2D eigenvalue weighted by atomic mass is 10.2. The van der Waals surface area contributed by atoms with E-state index in [1.54, 1.807) is 6.33 Å². The van der Waals surface area contributed by atoms with Gasteiger partial charge in [0, 0.05) is 28.7 Å². The number of H-pyrrole nitrogens is 1. The summed E-state index contributed by atoms with van der Waals surface area (Å²) in [5, 5.41) is 2.28. The van der Waals surface area contributed by atoms with Crippen molar-refractivity contribution in [2.24, 2.45) is 0 Å². The molecule has 0 aliphatic heterocycles. The van der Waals surface area contributed by atoms with Gasteiger partial charge in [-0.1, -0.05) is 36.4 Å². The molecule has 0 aliphatic rings. The van der Waals surface area contributed by atoms with Crippen molar-refractivity contribution in [3.63, 3.8) is 0 Å². The molecule has 0 radical (unpaired) electrons. The normalized spacial score (nSPS) is 10.6. The molecule has 0 aliphatic carbocycles. The van der Waals surface area contributed by atoms with Crippen LogP contribution in [0.25, 0.3) is 32.8 Å². The molecule has 0 saturated carbocycles. The molecule has 0 unspecified atom stereocenters. The summed E-state index contributed by atoms with van der Waals surface area (Å²) in [6.45, 7) is 0. The fourth-order valence-corrected chi connectivity index (χ4v) is 2.59. The second-order valence-electron chi connectivity index (χ2n) is 5.15. The molecule has 0 amide bonds. The Kier molecular flexibility index (Phi) is 3.41. The molecule has 0 bridgehead atoms. The molecule has 1 N–H and O–H groups in total. The molecule has 5 aromatic rings. The predicted octanol–water partition coefficient (Wildman–Crippen LogP) is 4.35. The first kappa shape index (κ1) is 13.4. The van der Waals surface area contributed by atoms with E-state index in [9.17, 15) is 0 Å². The summed E-state index contributed by atoms with van der Waals surface area (Å²) in [7, 11) is 0. The van der Waals surface area contributed by atoms with Crippen LogP contribution in [0.2, 0.25) is 0 Å². The third-order valence-corrected chi connectivity index (χ3v) is 3.67. The molecule has 0 atom stereocenters. The zero-order chi connectivity index (χ0) is 15.5. The second kappa shape index (κ2) is 5.85. The predicted molar refractivity (Wildman–Crippen MR) is 93.1 cm³/mol. The second-order valence-corrected chi connectivity index (χ2v) is 5.15. The van der Waals surface area contributed by atoms with Crippen LogP contribution in [0.1, 0.15) is 0 Å². The Morgan fingerprint density at radius 3 is 2.52 bits per heavy atom. The highest BCUT2D eigenvalue weighted by Gasteiger charge is 2.01. The van der Waals surface area contributed by atoms with Crippen LogP contribution >= 0.6 is 0 Å². The van der Waals surface area contributed by atoms with Crippen LogP contribution in [0.3, 0.4) is 0 Å². The number of pyridine rings is 1. The molecule has 0 saturated heterocycles. The average molecular weight is 298 g/mol. The van der Waals surface area contributed by atoms with Gasteiger partial charge >= 0.3 is 0 Å². The number of aromatic nitrogens is 4. The van der Waals surface area contributed by atoms with Crippen molar-refractivity contribution in [2.75, 3.05) is 0 Å². The van der Waals surface area contributed by atoms with E-state index in [4.69, 9.17) is 0 Å². The van der Waals surface area contributed by atoms with Gasteiger partial charge in [0.15, 0.2) is 0 Å². The van der Waals surface area contributed by atoms with Gasteiger partial charge in [-0.05, 0) is 24.3 Å². The fraction of sp³-hybridized carbons (Fsp3) is 0. The van der Waals surface area contributed by atoms with Crippen LogP contribution in [0.15, 0.2) is 79.4 Å². The van der Waals surface area contributed by atoms with Crippen LogP contribution in [0, 0.1) is 0 Å². The molecule has 110 valence electrons. The molecule has 4 nitrogen and oxygen atoms in total. The van der Waals surface area contributed by atoms with E-state index < -0.39 is 0 Å². The molecular weight excluding hydrogens is 284 g/mol. The Morgan fingerprint density at radius 2 is 1.57 bits per heavy atom. The molecule has 4 heteroatoms. The Hall–Kier alpha value is -3.27. The van der Waals surface area contributed by atoms with Crippen LogP contribution in [-0.2, 0) is 0 Å². The zero-order valence-electron chi connectivity index (χ0n) is 12.3. The van der Waals surface area contributed by atoms with Crippen molar-refractivity contribution in [1.29, 1.82) is 0 Å². The number of hydrogen-bond acceptors (Lipinski definition) is 3. The van der Waals surface area contributed by atoms with Gasteiger partial charge in [0.05, 0.1) is 16.6 Å². The number of nitrogens with one attached hydrogen (secondary N) is 1. The Morgan fingerprint density at radius 1 is 0.739 bits per heavy atom. The molecule has 3 aromatic heterocycles. The van der Waals surface area contributed by atoms with Gasteiger partial charge < -0.3 is 4.98 Å². The van der Waals surface area contributed by atoms with E-state index in [-0.39, 0.29) is 0 Å². The lowest BCUT2D eigenvalue weighted by Gasteiger charge is -1.90. The molecule has 0 fully saturated rings. The Bertz CT molecular complexity index is 966. The summed E-state index contributed by atoms with van der Waals surface area (Å²) in [6, 6.07) is 20.1. The Balaban J connectivity index is 0.000000122. The topological polar surface area (TPSA) is 54.5 Å². The van der Waals surface area contributed by atoms with Crippen molar-refractivity contribution in [2.45, 2.75) is 0 Å². The van der Waals surface area contributed by atoms with E-state index >= 15 is 0 Å². The number of nitrogens with zero attached hydrogens (tertiary/aromatic N) is 3. The van der Waals surface area contributed by atoms with Gasteiger partial charge in [-0.2, -0.15) is 0 Å². The fourth-order valence-electron chi connectivity index (χ4n) is 2.59. The quantitative estimate of drug-likeness (QED) is 0.462. The summed E-state index contributed by atoms with van der Waals surface area (Å²) in [5.74, 6) is 0. The number of para-hydroxylation sites is 2. The van der Waals surface area contributed by atoms with Gasteiger partial charge in [-0.3, -0.25) is 4.98 Å². The highest BCUT2D eigenvalue weighted by Crippen LogP contribution is 2.22. The maximum atomic E-state index is 4.34. The number of rotatable bonds is 0. The first-order valence-electron chi connectivity index (χ1n) is 7.38. The molecule has 5 rings (SSSR count). The average Bonchev–Trinajstić information content (AvgIpc) is 3.01. The number of benzene rings is 2. The van der Waals surface area contributed by atoms with Crippen LogP contribution < -0.4 is 0 Å². The SMILES string of the molecule is c1ccc2c(c1)[nH]c1cccnc12.c1ccc2ncncc2c1. The largest absolute Gasteiger partial charge is 0.353 e. The maximum absolute atomic E-state index is 4.34. The summed E-state index contributed by atoms with van der Waals surface area (Å²) in [6.07, 6.45) is 5.19. The minimum Gasteiger partial charge on any atom is -0.353 e. The zero-order valence-corrected chi connectivity index (χ0v) is 12.3. The van der Waals surface area contributed by atoms with E-state index in [2.05, 4.69) is 32.1 Å². The third-order valence-electron chi connectivity index (χ3n) is 3.67.